The van der Waals surface area contributed by atoms with Gasteiger partial charge in [0, 0.05) is 20.6 Å². The summed E-state index contributed by atoms with van der Waals surface area (Å²) in [5.41, 5.74) is 0.499. The molecule has 0 unspecified atom stereocenters. The summed E-state index contributed by atoms with van der Waals surface area (Å²) in [5.74, 6) is 0.331. The summed E-state index contributed by atoms with van der Waals surface area (Å²) in [4.78, 5) is 29.8. The van der Waals surface area contributed by atoms with E-state index < -0.39 is 17.4 Å². The van der Waals surface area contributed by atoms with E-state index >= 15 is 0 Å². The number of aliphatic hydroxyl groups excluding tert-OH is 2. The van der Waals surface area contributed by atoms with E-state index in [1.165, 1.54) is 9.13 Å². The molecule has 0 aliphatic rings. The Labute approximate surface area is 148 Å². The number of aliphatic hydroxyl groups is 2. The number of nitrogens with zero attached hydrogens (tertiary/aromatic N) is 4. The van der Waals surface area contributed by atoms with Gasteiger partial charge in [-0.2, -0.15) is 4.98 Å². The highest BCUT2D eigenvalue weighted by Crippen LogP contribution is 2.13. The molecule has 3 N–H and O–H groups in total. The first-order valence-corrected chi connectivity index (χ1v) is 8.17. The lowest BCUT2D eigenvalue weighted by Gasteiger charge is -2.10. The quantitative estimate of drug-likeness (QED) is 0.533. The molecule has 26 heavy (non-hydrogen) atoms. The molecule has 2 aromatic heterocycles. The van der Waals surface area contributed by atoms with Gasteiger partial charge in [0.2, 0.25) is 5.95 Å². The summed E-state index contributed by atoms with van der Waals surface area (Å²) in [6.07, 6.45) is -0.951. The SMILES string of the molecule is Cn1c(NC[C@@H](O)CO)nc2c1c(=O)n(Cc1ccccc1)c(=O)n2C. The Bertz CT molecular complexity index is 1040. The van der Waals surface area contributed by atoms with Crippen molar-refractivity contribution in [1.29, 1.82) is 0 Å². The molecule has 0 spiro atoms. The number of fused-ring (bicyclic) bond motifs is 1. The summed E-state index contributed by atoms with van der Waals surface area (Å²) < 4.78 is 4.04. The molecule has 3 aromatic rings. The van der Waals surface area contributed by atoms with Crippen LogP contribution in [-0.4, -0.2) is 48.2 Å². The van der Waals surface area contributed by atoms with Crippen LogP contribution in [0.2, 0.25) is 0 Å². The first-order chi connectivity index (χ1) is 12.4. The molecule has 1 aromatic carbocycles. The number of hydrogen-bond donors (Lipinski definition) is 3. The smallest absolute Gasteiger partial charge is 0.332 e. The van der Waals surface area contributed by atoms with Gasteiger partial charge in [-0.15, -0.1) is 0 Å². The number of nitrogens with one attached hydrogen (secondary N) is 1. The van der Waals surface area contributed by atoms with Crippen LogP contribution in [0.25, 0.3) is 11.2 Å². The highest BCUT2D eigenvalue weighted by molar-refractivity contribution is 5.74. The molecule has 138 valence electrons. The maximum absolute atomic E-state index is 12.9. The number of aromatic nitrogens is 4. The lowest BCUT2D eigenvalue weighted by atomic mass is 10.2. The van der Waals surface area contributed by atoms with E-state index in [0.717, 1.165) is 5.56 Å². The highest BCUT2D eigenvalue weighted by atomic mass is 16.3. The molecule has 2 heterocycles. The second-order valence-corrected chi connectivity index (χ2v) is 6.10. The third kappa shape index (κ3) is 3.14. The number of benzene rings is 1. The maximum Gasteiger partial charge on any atom is 0.332 e. The van der Waals surface area contributed by atoms with Crippen LogP contribution in [-0.2, 0) is 20.6 Å². The Hall–Kier alpha value is -2.91. The summed E-state index contributed by atoms with van der Waals surface area (Å²) in [5, 5.41) is 21.3. The van der Waals surface area contributed by atoms with Crippen molar-refractivity contribution in [3.63, 3.8) is 0 Å². The zero-order valence-electron chi connectivity index (χ0n) is 14.6. The Balaban J connectivity index is 2.10. The van der Waals surface area contributed by atoms with E-state index in [1.54, 1.807) is 18.7 Å². The number of imidazole rings is 1. The van der Waals surface area contributed by atoms with Crippen molar-refractivity contribution in [1.82, 2.24) is 18.7 Å². The Morgan fingerprint density at radius 3 is 2.50 bits per heavy atom. The van der Waals surface area contributed by atoms with Gasteiger partial charge in [-0.1, -0.05) is 30.3 Å². The molecular weight excluding hydrogens is 338 g/mol. The van der Waals surface area contributed by atoms with Crippen molar-refractivity contribution < 1.29 is 10.2 Å². The van der Waals surface area contributed by atoms with E-state index in [1.807, 2.05) is 30.3 Å². The Morgan fingerprint density at radius 2 is 1.85 bits per heavy atom. The fourth-order valence-corrected chi connectivity index (χ4v) is 2.78. The normalized spacial score (nSPS) is 12.5. The standard InChI is InChI=1S/C17H21N5O4/c1-20-13-14(19-16(20)18-8-12(24)10-23)21(2)17(26)22(15(13)25)9-11-6-4-3-5-7-11/h3-7,12,23-24H,8-10H2,1-2H3,(H,18,19)/t12-/m1/s1. The zero-order chi connectivity index (χ0) is 18.8. The van der Waals surface area contributed by atoms with E-state index in [0.29, 0.717) is 5.95 Å². The Morgan fingerprint density at radius 1 is 1.15 bits per heavy atom. The van der Waals surface area contributed by atoms with Crippen molar-refractivity contribution in [2.45, 2.75) is 12.6 Å². The molecule has 3 rings (SSSR count). The molecule has 9 heteroatoms. The average molecular weight is 359 g/mol. The number of aryl methyl sites for hydroxylation is 2. The van der Waals surface area contributed by atoms with Gasteiger partial charge in [-0.3, -0.25) is 13.9 Å². The monoisotopic (exact) mass is 359 g/mol. The third-order valence-electron chi connectivity index (χ3n) is 4.25. The summed E-state index contributed by atoms with van der Waals surface area (Å²) in [6, 6.07) is 9.27. The second-order valence-electron chi connectivity index (χ2n) is 6.10. The minimum Gasteiger partial charge on any atom is -0.394 e. The van der Waals surface area contributed by atoms with E-state index in [4.69, 9.17) is 5.11 Å². The molecule has 0 fully saturated rings. The Kier molecular flexibility index (Phi) is 4.92. The van der Waals surface area contributed by atoms with Gasteiger partial charge in [-0.25, -0.2) is 4.79 Å². The minimum atomic E-state index is -0.951. The molecule has 0 saturated carbocycles. The van der Waals surface area contributed by atoms with Crippen molar-refractivity contribution in [3.05, 3.63) is 56.7 Å². The lowest BCUT2D eigenvalue weighted by Crippen LogP contribution is -2.39. The van der Waals surface area contributed by atoms with Gasteiger partial charge in [0.25, 0.3) is 5.56 Å². The molecule has 1 atom stereocenters. The maximum atomic E-state index is 12.9. The topological polar surface area (TPSA) is 114 Å². The van der Waals surface area contributed by atoms with Crippen LogP contribution in [0.4, 0.5) is 5.95 Å². The van der Waals surface area contributed by atoms with Crippen LogP contribution in [0.5, 0.6) is 0 Å². The molecule has 9 nitrogen and oxygen atoms in total. The summed E-state index contributed by atoms with van der Waals surface area (Å²) >= 11 is 0. The largest absolute Gasteiger partial charge is 0.394 e. The summed E-state index contributed by atoms with van der Waals surface area (Å²) in [6.45, 7) is -0.154. The van der Waals surface area contributed by atoms with Crippen LogP contribution in [0, 0.1) is 0 Å². The van der Waals surface area contributed by atoms with Crippen LogP contribution in [0.1, 0.15) is 5.56 Å². The van der Waals surface area contributed by atoms with Crippen molar-refractivity contribution in [2.75, 3.05) is 18.5 Å². The van der Waals surface area contributed by atoms with E-state index in [9.17, 15) is 14.7 Å². The van der Waals surface area contributed by atoms with E-state index in [-0.39, 0.29) is 30.9 Å². The van der Waals surface area contributed by atoms with Crippen LogP contribution in [0.3, 0.4) is 0 Å². The molecular formula is C17H21N5O4. The fraction of sp³-hybridized carbons (Fsp3) is 0.353. The number of rotatable bonds is 6. The van der Waals surface area contributed by atoms with Crippen LogP contribution >= 0.6 is 0 Å². The number of anilines is 1. The number of hydrogen-bond acceptors (Lipinski definition) is 6. The first-order valence-electron chi connectivity index (χ1n) is 8.17. The predicted octanol–water partition coefficient (Wildman–Crippen LogP) is -0.753. The van der Waals surface area contributed by atoms with Gasteiger partial charge in [0.1, 0.15) is 0 Å². The highest BCUT2D eigenvalue weighted by Gasteiger charge is 2.18. The zero-order valence-corrected chi connectivity index (χ0v) is 14.6. The van der Waals surface area contributed by atoms with Crippen molar-refractivity contribution >= 4 is 17.1 Å². The third-order valence-corrected chi connectivity index (χ3v) is 4.25. The lowest BCUT2D eigenvalue weighted by molar-refractivity contribution is 0.105. The fourth-order valence-electron chi connectivity index (χ4n) is 2.78. The van der Waals surface area contributed by atoms with Gasteiger partial charge in [-0.05, 0) is 5.56 Å². The van der Waals surface area contributed by atoms with Gasteiger partial charge in [0.05, 0.1) is 19.3 Å². The van der Waals surface area contributed by atoms with Gasteiger partial charge < -0.3 is 20.1 Å². The molecule has 0 aliphatic heterocycles. The first kappa shape index (κ1) is 17.9. The minimum absolute atomic E-state index is 0.0693. The molecule has 0 aliphatic carbocycles. The van der Waals surface area contributed by atoms with Gasteiger partial charge >= 0.3 is 5.69 Å². The average Bonchev–Trinajstić information content (AvgIpc) is 2.99. The molecule has 0 amide bonds. The summed E-state index contributed by atoms with van der Waals surface area (Å²) in [7, 11) is 3.21. The van der Waals surface area contributed by atoms with Crippen molar-refractivity contribution in [2.24, 2.45) is 14.1 Å². The molecule has 0 radical (unpaired) electrons. The second kappa shape index (κ2) is 7.14. The van der Waals surface area contributed by atoms with Crippen LogP contribution in [0.15, 0.2) is 39.9 Å². The van der Waals surface area contributed by atoms with Crippen molar-refractivity contribution in [3.8, 4) is 0 Å². The van der Waals surface area contributed by atoms with Gasteiger partial charge in [0.15, 0.2) is 11.2 Å². The predicted molar refractivity (Wildman–Crippen MR) is 97.3 cm³/mol. The van der Waals surface area contributed by atoms with Crippen LogP contribution < -0.4 is 16.6 Å². The molecule has 0 saturated heterocycles. The molecule has 0 bridgehead atoms. The van der Waals surface area contributed by atoms with E-state index in [2.05, 4.69) is 10.3 Å².